The first kappa shape index (κ1) is 18.5. The first-order valence-corrected chi connectivity index (χ1v) is 10.8. The second-order valence-corrected chi connectivity index (χ2v) is 9.19. The summed E-state index contributed by atoms with van der Waals surface area (Å²) in [6.45, 7) is 5.93. The van der Waals surface area contributed by atoms with Crippen molar-refractivity contribution in [3.63, 3.8) is 0 Å². The predicted octanol–water partition coefficient (Wildman–Crippen LogP) is 4.56. The molecular formula is C21H20ClN5OS. The quantitative estimate of drug-likeness (QED) is 0.667. The van der Waals surface area contributed by atoms with E-state index in [-0.39, 0.29) is 11.8 Å². The summed E-state index contributed by atoms with van der Waals surface area (Å²) in [5.74, 6) is 0.963. The molecule has 2 aliphatic heterocycles. The number of carbonyl (C=O) groups excluding carboxylic acids is 1. The normalized spacial score (nSPS) is 15.1. The van der Waals surface area contributed by atoms with Gasteiger partial charge in [-0.15, -0.1) is 11.3 Å². The molecule has 0 bridgehead atoms. The number of aliphatic imine (C=N–C) groups is 1. The molecule has 0 saturated heterocycles. The lowest BCUT2D eigenvalue weighted by Crippen LogP contribution is -2.37. The largest absolute Gasteiger partial charge is 0.338 e. The molecule has 2 aromatic heterocycles. The van der Waals surface area contributed by atoms with Gasteiger partial charge in [0.05, 0.1) is 29.2 Å². The fraction of sp³-hybridized carbons (Fsp3) is 0.333. The van der Waals surface area contributed by atoms with Crippen LogP contribution in [0.25, 0.3) is 10.2 Å². The summed E-state index contributed by atoms with van der Waals surface area (Å²) in [5.41, 5.74) is 4.26. The van der Waals surface area contributed by atoms with Gasteiger partial charge in [0.1, 0.15) is 17.0 Å². The monoisotopic (exact) mass is 425 g/mol. The number of hydrogen-bond donors (Lipinski definition) is 1. The molecule has 0 spiro atoms. The number of hydrogen-bond acceptors (Lipinski definition) is 6. The average Bonchev–Trinajstić information content (AvgIpc) is 3.30. The summed E-state index contributed by atoms with van der Waals surface area (Å²) in [6.07, 6.45) is 4.26. The van der Waals surface area contributed by atoms with Crippen LogP contribution in [0, 0.1) is 5.92 Å². The highest BCUT2D eigenvalue weighted by atomic mass is 35.5. The van der Waals surface area contributed by atoms with Gasteiger partial charge in [-0.05, 0) is 35.2 Å². The van der Waals surface area contributed by atoms with Crippen LogP contribution in [0.5, 0.6) is 0 Å². The summed E-state index contributed by atoms with van der Waals surface area (Å²) in [5, 5.41) is 5.10. The van der Waals surface area contributed by atoms with Crippen LogP contribution >= 0.6 is 22.9 Å². The highest BCUT2D eigenvalue weighted by molar-refractivity contribution is 7.19. The molecule has 4 heterocycles. The molecule has 0 aliphatic carbocycles. The van der Waals surface area contributed by atoms with E-state index in [0.29, 0.717) is 18.1 Å². The average molecular weight is 426 g/mol. The highest BCUT2D eigenvalue weighted by Gasteiger charge is 2.27. The van der Waals surface area contributed by atoms with Crippen molar-refractivity contribution in [3.05, 3.63) is 45.1 Å². The van der Waals surface area contributed by atoms with Gasteiger partial charge in [-0.2, -0.15) is 0 Å². The molecule has 6 nitrogen and oxygen atoms in total. The van der Waals surface area contributed by atoms with Crippen molar-refractivity contribution < 1.29 is 4.79 Å². The molecule has 3 aromatic rings. The lowest BCUT2D eigenvalue weighted by atomic mass is 10.0. The van der Waals surface area contributed by atoms with E-state index in [9.17, 15) is 4.79 Å². The number of nitrogens with zero attached hydrogens (tertiary/aromatic N) is 4. The Hall–Kier alpha value is -2.51. The van der Waals surface area contributed by atoms with E-state index in [0.717, 1.165) is 45.8 Å². The van der Waals surface area contributed by atoms with Crippen LogP contribution in [0.4, 0.5) is 11.5 Å². The maximum Gasteiger partial charge on any atom is 0.225 e. The Morgan fingerprint density at radius 3 is 3.00 bits per heavy atom. The second-order valence-electron chi connectivity index (χ2n) is 7.70. The lowest BCUT2D eigenvalue weighted by molar-refractivity contribution is -0.135. The SMILES string of the molecule is CC(C)C(=O)N1CCc2c(sc3ncnc(Nc4cc5c(cc4Cl)CN=C5)c23)C1. The number of anilines is 2. The van der Waals surface area contributed by atoms with Crippen molar-refractivity contribution in [1.29, 1.82) is 0 Å². The number of fused-ring (bicyclic) bond motifs is 4. The minimum absolute atomic E-state index is 0.00781. The summed E-state index contributed by atoms with van der Waals surface area (Å²) < 4.78 is 0. The number of rotatable bonds is 3. The Balaban J connectivity index is 1.52. The molecule has 1 N–H and O–H groups in total. The minimum atomic E-state index is 0.00781. The van der Waals surface area contributed by atoms with Gasteiger partial charge in [0.15, 0.2) is 0 Å². The van der Waals surface area contributed by atoms with E-state index in [1.54, 1.807) is 17.7 Å². The van der Waals surface area contributed by atoms with Crippen LogP contribution in [0.1, 0.15) is 35.4 Å². The van der Waals surface area contributed by atoms with Crippen molar-refractivity contribution >= 4 is 56.8 Å². The van der Waals surface area contributed by atoms with E-state index in [2.05, 4.69) is 20.3 Å². The number of aromatic nitrogens is 2. The highest BCUT2D eigenvalue weighted by Crippen LogP contribution is 2.39. The standard InChI is InChI=1S/C21H20ClN5OS/c1-11(2)21(28)27-4-3-14-17(9-27)29-20-18(14)19(24-10-25-20)26-16-6-13-8-23-7-12(13)5-15(16)22/h5-6,8,10-11H,3-4,7,9H2,1-2H3,(H,24,25,26). The molecule has 0 atom stereocenters. The Morgan fingerprint density at radius 1 is 1.31 bits per heavy atom. The molecular weight excluding hydrogens is 406 g/mol. The van der Waals surface area contributed by atoms with Gasteiger partial charge in [0.25, 0.3) is 0 Å². The predicted molar refractivity (Wildman–Crippen MR) is 117 cm³/mol. The van der Waals surface area contributed by atoms with Crippen molar-refractivity contribution in [2.45, 2.75) is 33.4 Å². The Kier molecular flexibility index (Phi) is 4.52. The molecule has 148 valence electrons. The maximum absolute atomic E-state index is 12.4. The number of nitrogens with one attached hydrogen (secondary N) is 1. The molecule has 1 aromatic carbocycles. The van der Waals surface area contributed by atoms with Crippen LogP contribution < -0.4 is 5.32 Å². The van der Waals surface area contributed by atoms with E-state index in [1.807, 2.05) is 37.1 Å². The van der Waals surface area contributed by atoms with E-state index in [1.165, 1.54) is 10.4 Å². The van der Waals surface area contributed by atoms with Gasteiger partial charge in [-0.25, -0.2) is 9.97 Å². The molecule has 0 saturated carbocycles. The minimum Gasteiger partial charge on any atom is -0.338 e. The van der Waals surface area contributed by atoms with Crippen LogP contribution in [0.15, 0.2) is 23.5 Å². The lowest BCUT2D eigenvalue weighted by Gasteiger charge is -2.28. The van der Waals surface area contributed by atoms with Crippen LogP contribution in [-0.4, -0.2) is 33.5 Å². The summed E-state index contributed by atoms with van der Waals surface area (Å²) >= 11 is 8.15. The van der Waals surface area contributed by atoms with E-state index < -0.39 is 0 Å². The third-order valence-corrected chi connectivity index (χ3v) is 6.85. The van der Waals surface area contributed by atoms with Crippen LogP contribution in [0.3, 0.4) is 0 Å². The van der Waals surface area contributed by atoms with Crippen molar-refractivity contribution in [3.8, 4) is 0 Å². The van der Waals surface area contributed by atoms with Gasteiger partial charge in [0, 0.05) is 23.6 Å². The third kappa shape index (κ3) is 3.18. The van der Waals surface area contributed by atoms with Gasteiger partial charge in [0.2, 0.25) is 5.91 Å². The first-order chi connectivity index (χ1) is 14.0. The fourth-order valence-electron chi connectivity index (χ4n) is 3.93. The van der Waals surface area contributed by atoms with Crippen molar-refractivity contribution in [1.82, 2.24) is 14.9 Å². The number of benzene rings is 1. The third-order valence-electron chi connectivity index (χ3n) is 5.42. The Morgan fingerprint density at radius 2 is 2.17 bits per heavy atom. The number of thiophene rings is 1. The molecule has 0 radical (unpaired) electrons. The second kappa shape index (κ2) is 7.07. The Labute approximate surface area is 177 Å². The molecule has 29 heavy (non-hydrogen) atoms. The zero-order valence-electron chi connectivity index (χ0n) is 16.2. The first-order valence-electron chi connectivity index (χ1n) is 9.64. The zero-order chi connectivity index (χ0) is 20.1. The molecule has 2 aliphatic rings. The number of carbonyl (C=O) groups is 1. The smallest absolute Gasteiger partial charge is 0.225 e. The summed E-state index contributed by atoms with van der Waals surface area (Å²) in [6, 6.07) is 3.98. The number of amides is 1. The maximum atomic E-state index is 12.4. The van der Waals surface area contributed by atoms with Gasteiger partial charge < -0.3 is 10.2 Å². The van der Waals surface area contributed by atoms with Gasteiger partial charge >= 0.3 is 0 Å². The van der Waals surface area contributed by atoms with E-state index in [4.69, 9.17) is 11.6 Å². The van der Waals surface area contributed by atoms with Crippen molar-refractivity contribution in [2.75, 3.05) is 11.9 Å². The van der Waals surface area contributed by atoms with Gasteiger partial charge in [-0.3, -0.25) is 9.79 Å². The summed E-state index contributed by atoms with van der Waals surface area (Å²) in [4.78, 5) is 29.8. The molecule has 1 amide bonds. The molecule has 0 fully saturated rings. The zero-order valence-corrected chi connectivity index (χ0v) is 17.8. The van der Waals surface area contributed by atoms with Gasteiger partial charge in [-0.1, -0.05) is 25.4 Å². The fourth-order valence-corrected chi connectivity index (χ4v) is 5.37. The van der Waals surface area contributed by atoms with Crippen LogP contribution in [-0.2, 0) is 24.3 Å². The number of halogens is 1. The summed E-state index contributed by atoms with van der Waals surface area (Å²) in [7, 11) is 0. The molecule has 5 rings (SSSR count). The topological polar surface area (TPSA) is 70.5 Å². The van der Waals surface area contributed by atoms with E-state index >= 15 is 0 Å². The van der Waals surface area contributed by atoms with Crippen LogP contribution in [0.2, 0.25) is 5.02 Å². The molecule has 0 unspecified atom stereocenters. The Bertz CT molecular complexity index is 1170. The van der Waals surface area contributed by atoms with Crippen molar-refractivity contribution in [2.24, 2.45) is 10.9 Å². The molecule has 8 heteroatoms.